The van der Waals surface area contributed by atoms with E-state index in [9.17, 15) is 14.4 Å². The zero-order valence-electron chi connectivity index (χ0n) is 20.2. The van der Waals surface area contributed by atoms with Gasteiger partial charge in [0.05, 0.1) is 42.6 Å². The van der Waals surface area contributed by atoms with Crippen LogP contribution in [0.2, 0.25) is 0 Å². The Labute approximate surface area is 216 Å². The van der Waals surface area contributed by atoms with Gasteiger partial charge in [-0.1, -0.05) is 0 Å². The van der Waals surface area contributed by atoms with Crippen LogP contribution in [0.25, 0.3) is 0 Å². The van der Waals surface area contributed by atoms with Crippen LogP contribution in [0.4, 0.5) is 5.13 Å². The number of aromatic nitrogens is 3. The monoisotopic (exact) mass is 527 g/mol. The molecular formula is C24H25N5O7S. The van der Waals surface area contributed by atoms with Gasteiger partial charge in [0.1, 0.15) is 0 Å². The third-order valence-corrected chi connectivity index (χ3v) is 5.80. The van der Waals surface area contributed by atoms with Gasteiger partial charge < -0.3 is 24.2 Å². The topological polar surface area (TPSA) is 153 Å². The highest BCUT2D eigenvalue weighted by Crippen LogP contribution is 2.25. The van der Waals surface area contributed by atoms with Crippen molar-refractivity contribution in [3.63, 3.8) is 0 Å². The highest BCUT2D eigenvalue weighted by Gasteiger charge is 2.19. The molecule has 0 radical (unpaired) electrons. The maximum atomic E-state index is 12.9. The molecule has 1 fully saturated rings. The molecule has 0 atom stereocenters. The fourth-order valence-corrected chi connectivity index (χ4v) is 4.06. The molecule has 37 heavy (non-hydrogen) atoms. The van der Waals surface area contributed by atoms with Crippen LogP contribution in [0.5, 0.6) is 17.6 Å². The van der Waals surface area contributed by atoms with Crippen molar-refractivity contribution in [2.24, 2.45) is 0 Å². The molecule has 0 unspecified atom stereocenters. The van der Waals surface area contributed by atoms with E-state index in [1.54, 1.807) is 22.4 Å². The number of carbonyl (C=O) groups is 3. The van der Waals surface area contributed by atoms with Crippen LogP contribution < -0.4 is 14.8 Å². The Balaban J connectivity index is 1.49. The van der Waals surface area contributed by atoms with Crippen molar-refractivity contribution in [3.05, 3.63) is 52.7 Å². The molecule has 1 saturated heterocycles. The van der Waals surface area contributed by atoms with E-state index in [0.29, 0.717) is 37.6 Å². The van der Waals surface area contributed by atoms with Crippen molar-refractivity contribution in [1.82, 2.24) is 19.9 Å². The average Bonchev–Trinajstić information content (AvgIpc) is 3.30. The van der Waals surface area contributed by atoms with E-state index < -0.39 is 11.9 Å². The number of aliphatic carboxylic acids is 1. The minimum absolute atomic E-state index is 0.0637. The minimum Gasteiger partial charge on any atom is -0.481 e. The Morgan fingerprint density at radius 2 is 1.86 bits per heavy atom. The molecule has 0 aromatic carbocycles. The van der Waals surface area contributed by atoms with Gasteiger partial charge in [-0.3, -0.25) is 19.7 Å². The molecule has 2 amide bonds. The summed E-state index contributed by atoms with van der Waals surface area (Å²) in [7, 11) is 0. The van der Waals surface area contributed by atoms with Gasteiger partial charge in [-0.05, 0) is 19.9 Å². The first-order valence-corrected chi connectivity index (χ1v) is 12.3. The number of hydrogen-bond acceptors (Lipinski definition) is 10. The molecule has 3 aromatic heterocycles. The van der Waals surface area contributed by atoms with Crippen molar-refractivity contribution in [2.75, 3.05) is 31.6 Å². The number of carbonyl (C=O) groups excluding carboxylic acids is 2. The van der Waals surface area contributed by atoms with E-state index in [2.05, 4.69) is 20.3 Å². The van der Waals surface area contributed by atoms with Crippen molar-refractivity contribution in [3.8, 4) is 17.6 Å². The fraction of sp³-hybridized carbons (Fsp3) is 0.333. The zero-order valence-corrected chi connectivity index (χ0v) is 21.0. The predicted molar refractivity (Wildman–Crippen MR) is 132 cm³/mol. The van der Waals surface area contributed by atoms with Gasteiger partial charge in [0.25, 0.3) is 11.8 Å². The summed E-state index contributed by atoms with van der Waals surface area (Å²) in [5, 5.41) is 13.4. The smallest absolute Gasteiger partial charge is 0.309 e. The molecule has 1 aliphatic rings. The molecule has 4 rings (SSSR count). The molecule has 0 spiro atoms. The lowest BCUT2D eigenvalue weighted by atomic mass is 10.2. The third kappa shape index (κ3) is 7.21. The number of thiazole rings is 1. The number of rotatable bonds is 9. The molecule has 3 aromatic rings. The van der Waals surface area contributed by atoms with Crippen LogP contribution in [-0.2, 0) is 16.0 Å². The fourth-order valence-electron chi connectivity index (χ4n) is 3.36. The average molecular weight is 528 g/mol. The van der Waals surface area contributed by atoms with Crippen LogP contribution in [0.1, 0.15) is 40.3 Å². The second kappa shape index (κ2) is 11.8. The highest BCUT2D eigenvalue weighted by molar-refractivity contribution is 7.14. The first kappa shape index (κ1) is 26.0. The van der Waals surface area contributed by atoms with E-state index in [0.717, 1.165) is 11.3 Å². The number of amides is 2. The van der Waals surface area contributed by atoms with Crippen LogP contribution >= 0.6 is 11.3 Å². The zero-order chi connectivity index (χ0) is 26.4. The van der Waals surface area contributed by atoms with Gasteiger partial charge in [-0.25, -0.2) is 9.97 Å². The van der Waals surface area contributed by atoms with E-state index in [1.807, 2.05) is 13.8 Å². The summed E-state index contributed by atoms with van der Waals surface area (Å²) >= 11 is 1.12. The maximum absolute atomic E-state index is 12.9. The number of carboxylic acids is 1. The number of morpholine rings is 1. The normalized spacial score (nSPS) is 13.3. The number of anilines is 1. The summed E-state index contributed by atoms with van der Waals surface area (Å²) in [6.07, 6.45) is 0.974. The minimum atomic E-state index is -1.01. The van der Waals surface area contributed by atoms with Gasteiger partial charge in [0, 0.05) is 42.9 Å². The lowest BCUT2D eigenvalue weighted by Gasteiger charge is -2.26. The van der Waals surface area contributed by atoms with Crippen LogP contribution in [-0.4, -0.2) is 75.1 Å². The summed E-state index contributed by atoms with van der Waals surface area (Å²) < 4.78 is 16.7. The summed E-state index contributed by atoms with van der Waals surface area (Å²) in [6, 6.07) is 6.04. The number of carboxylic acid groups (broad SMARTS) is 1. The summed E-state index contributed by atoms with van der Waals surface area (Å²) in [4.78, 5) is 50.7. The van der Waals surface area contributed by atoms with Crippen LogP contribution in [0, 0.1) is 0 Å². The Kier molecular flexibility index (Phi) is 8.25. The van der Waals surface area contributed by atoms with Crippen molar-refractivity contribution < 1.29 is 33.7 Å². The first-order valence-electron chi connectivity index (χ1n) is 11.4. The number of hydrogen-bond donors (Lipinski definition) is 2. The van der Waals surface area contributed by atoms with Gasteiger partial charge in [0.2, 0.25) is 17.6 Å². The number of ether oxygens (including phenoxy) is 3. The largest absolute Gasteiger partial charge is 0.481 e. The molecule has 0 saturated carbocycles. The van der Waals surface area contributed by atoms with Crippen LogP contribution in [0.3, 0.4) is 0 Å². The van der Waals surface area contributed by atoms with Gasteiger partial charge in [-0.2, -0.15) is 4.98 Å². The standard InChI is InChI=1S/C24H25N5O7S/c1-14(2)35-19-9-16(22(32)28-24-26-17(13-37-24)11-21(30)31)10-20(27-19)36-18-4-3-15(12-25-18)23(33)29-5-7-34-8-6-29/h3-4,9-10,12-14H,5-8,11H2,1-2H3,(H,30,31)(H,26,28,32). The molecule has 0 aliphatic carbocycles. The summed E-state index contributed by atoms with van der Waals surface area (Å²) in [5.74, 6) is -1.24. The van der Waals surface area contributed by atoms with Crippen LogP contribution in [0.15, 0.2) is 35.8 Å². The quantitative estimate of drug-likeness (QED) is 0.425. The summed E-state index contributed by atoms with van der Waals surface area (Å²) in [5.41, 5.74) is 0.955. The van der Waals surface area contributed by atoms with Gasteiger partial charge in [0.15, 0.2) is 5.13 Å². The highest BCUT2D eigenvalue weighted by atomic mass is 32.1. The van der Waals surface area contributed by atoms with E-state index in [4.69, 9.17) is 19.3 Å². The lowest BCUT2D eigenvalue weighted by molar-refractivity contribution is -0.136. The number of nitrogens with one attached hydrogen (secondary N) is 1. The molecule has 12 nitrogen and oxygen atoms in total. The van der Waals surface area contributed by atoms with Crippen molar-refractivity contribution in [1.29, 1.82) is 0 Å². The van der Waals surface area contributed by atoms with Gasteiger partial charge >= 0.3 is 5.97 Å². The Morgan fingerprint density at radius 1 is 1.11 bits per heavy atom. The number of pyridine rings is 2. The second-order valence-electron chi connectivity index (χ2n) is 8.26. The van der Waals surface area contributed by atoms with Gasteiger partial charge in [-0.15, -0.1) is 11.3 Å². The Hall–Kier alpha value is -4.10. The second-order valence-corrected chi connectivity index (χ2v) is 9.12. The first-order chi connectivity index (χ1) is 17.8. The predicted octanol–water partition coefficient (Wildman–Crippen LogP) is 2.86. The summed E-state index contributed by atoms with van der Waals surface area (Å²) in [6.45, 7) is 5.69. The van der Waals surface area contributed by atoms with E-state index in [-0.39, 0.29) is 46.8 Å². The number of nitrogens with zero attached hydrogens (tertiary/aromatic N) is 4. The third-order valence-electron chi connectivity index (χ3n) is 4.99. The molecular weight excluding hydrogens is 502 g/mol. The van der Waals surface area contributed by atoms with E-state index >= 15 is 0 Å². The van der Waals surface area contributed by atoms with Crippen molar-refractivity contribution >= 4 is 34.3 Å². The lowest BCUT2D eigenvalue weighted by Crippen LogP contribution is -2.40. The molecule has 194 valence electrons. The molecule has 0 bridgehead atoms. The maximum Gasteiger partial charge on any atom is 0.309 e. The molecule has 13 heteroatoms. The van der Waals surface area contributed by atoms with Crippen molar-refractivity contribution in [2.45, 2.75) is 26.4 Å². The molecule has 1 aliphatic heterocycles. The van der Waals surface area contributed by atoms with E-state index in [1.165, 1.54) is 18.3 Å². The molecule has 4 heterocycles. The SMILES string of the molecule is CC(C)Oc1cc(C(=O)Nc2nc(CC(=O)O)cs2)cc(Oc2ccc(C(=O)N3CCOCC3)cn2)n1. The Bertz CT molecular complexity index is 1270. The molecule has 2 N–H and O–H groups in total. The Morgan fingerprint density at radius 3 is 2.54 bits per heavy atom.